The molecule has 116 valence electrons. The number of halogens is 2. The van der Waals surface area contributed by atoms with E-state index in [0.29, 0.717) is 0 Å². The average Bonchev–Trinajstić information content (AvgIpc) is 2.81. The third-order valence-electron chi connectivity index (χ3n) is 3.41. The molecule has 0 radical (unpaired) electrons. The molecule has 0 aliphatic heterocycles. The molecule has 0 N–H and O–H groups in total. The highest BCUT2D eigenvalue weighted by atomic mass is 79.9. The highest BCUT2D eigenvalue weighted by molar-refractivity contribution is 9.10. The Hall–Kier alpha value is -0.580. The number of alkyl halides is 1. The van der Waals surface area contributed by atoms with E-state index in [9.17, 15) is 0 Å². The minimum absolute atomic E-state index is 0.0998. The molecule has 1 unspecified atom stereocenters. The summed E-state index contributed by atoms with van der Waals surface area (Å²) in [6, 6.07) is 6.13. The third kappa shape index (κ3) is 4.44. The van der Waals surface area contributed by atoms with Crippen molar-refractivity contribution in [3.8, 4) is 0 Å². The topological polar surface area (TPSA) is 27.1 Å². The highest BCUT2D eigenvalue weighted by Gasteiger charge is 2.14. The maximum atomic E-state index is 6.27. The molecule has 1 heterocycles. The van der Waals surface area contributed by atoms with Crippen molar-refractivity contribution in [3.63, 3.8) is 0 Å². The van der Waals surface area contributed by atoms with E-state index in [0.717, 1.165) is 53.9 Å². The van der Waals surface area contributed by atoms with Gasteiger partial charge in [-0.1, -0.05) is 29.3 Å². The van der Waals surface area contributed by atoms with Gasteiger partial charge >= 0.3 is 0 Å². The van der Waals surface area contributed by atoms with Crippen molar-refractivity contribution < 1.29 is 4.74 Å². The van der Waals surface area contributed by atoms with Crippen LogP contribution in [0.5, 0.6) is 0 Å². The minimum Gasteiger partial charge on any atom is -0.381 e. The van der Waals surface area contributed by atoms with E-state index >= 15 is 0 Å². The molecular formula is C16H22BrClN2O. The molecule has 0 spiro atoms. The molecule has 0 fully saturated rings. The van der Waals surface area contributed by atoms with Crippen molar-refractivity contribution in [2.24, 2.45) is 0 Å². The van der Waals surface area contributed by atoms with Gasteiger partial charge in [-0.15, -0.1) is 11.6 Å². The third-order valence-corrected chi connectivity index (χ3v) is 4.10. The quantitative estimate of drug-likeness (QED) is 0.463. The maximum absolute atomic E-state index is 6.27. The number of hydrogen-bond donors (Lipinski definition) is 0. The normalized spacial score (nSPS) is 13.0. The van der Waals surface area contributed by atoms with Crippen molar-refractivity contribution in [1.29, 1.82) is 0 Å². The number of hydrogen-bond acceptors (Lipinski definition) is 2. The zero-order valence-electron chi connectivity index (χ0n) is 12.6. The number of rotatable bonds is 8. The lowest BCUT2D eigenvalue weighted by molar-refractivity contribution is 0.126. The number of benzene rings is 1. The van der Waals surface area contributed by atoms with Crippen molar-refractivity contribution in [2.45, 2.75) is 45.0 Å². The Balaban J connectivity index is 2.09. The number of fused-ring (bicyclic) bond motifs is 1. The lowest BCUT2D eigenvalue weighted by Gasteiger charge is -2.11. The Morgan fingerprint density at radius 2 is 2.10 bits per heavy atom. The summed E-state index contributed by atoms with van der Waals surface area (Å²) >= 11 is 9.80. The highest BCUT2D eigenvalue weighted by Crippen LogP contribution is 2.27. The molecule has 1 aromatic heterocycles. The second-order valence-electron chi connectivity index (χ2n) is 5.19. The summed E-state index contributed by atoms with van der Waals surface area (Å²) in [7, 11) is 0. The van der Waals surface area contributed by atoms with Crippen LogP contribution in [-0.2, 0) is 11.3 Å². The van der Waals surface area contributed by atoms with E-state index in [4.69, 9.17) is 16.3 Å². The predicted octanol–water partition coefficient (Wildman–Crippen LogP) is 5.31. The van der Waals surface area contributed by atoms with Crippen LogP contribution in [0.3, 0.4) is 0 Å². The largest absolute Gasteiger partial charge is 0.381 e. The Labute approximate surface area is 139 Å². The molecule has 21 heavy (non-hydrogen) atoms. The van der Waals surface area contributed by atoms with Crippen LogP contribution in [-0.4, -0.2) is 22.8 Å². The van der Waals surface area contributed by atoms with Crippen LogP contribution in [0.25, 0.3) is 11.0 Å². The standard InChI is InChI=1S/C16H22BrClN2O/c1-3-4-9-21-10-5-8-20-15-11-13(17)6-7-14(15)19-16(20)12(2)18/h6-7,11-12H,3-5,8-10H2,1-2H3. The van der Waals surface area contributed by atoms with E-state index in [2.05, 4.69) is 38.5 Å². The average molecular weight is 374 g/mol. The summed E-state index contributed by atoms with van der Waals surface area (Å²) in [5.41, 5.74) is 2.12. The first kappa shape index (κ1) is 16.8. The van der Waals surface area contributed by atoms with Crippen LogP contribution in [0, 0.1) is 0 Å². The fourth-order valence-electron chi connectivity index (χ4n) is 2.33. The van der Waals surface area contributed by atoms with E-state index in [1.54, 1.807) is 0 Å². The van der Waals surface area contributed by atoms with Crippen LogP contribution < -0.4 is 0 Å². The summed E-state index contributed by atoms with van der Waals surface area (Å²) in [5.74, 6) is 0.929. The van der Waals surface area contributed by atoms with Gasteiger partial charge in [0.15, 0.2) is 0 Å². The van der Waals surface area contributed by atoms with Gasteiger partial charge in [-0.25, -0.2) is 4.98 Å². The summed E-state index contributed by atoms with van der Waals surface area (Å²) in [4.78, 5) is 4.65. The molecule has 3 nitrogen and oxygen atoms in total. The van der Waals surface area contributed by atoms with Gasteiger partial charge in [-0.3, -0.25) is 0 Å². The molecule has 0 saturated heterocycles. The molecule has 5 heteroatoms. The predicted molar refractivity (Wildman–Crippen MR) is 92.0 cm³/mol. The van der Waals surface area contributed by atoms with Gasteiger partial charge in [0.25, 0.3) is 0 Å². The molecule has 0 amide bonds. The van der Waals surface area contributed by atoms with Crippen molar-refractivity contribution in [1.82, 2.24) is 9.55 Å². The Morgan fingerprint density at radius 3 is 2.81 bits per heavy atom. The van der Waals surface area contributed by atoms with Gasteiger partial charge in [0, 0.05) is 24.2 Å². The lowest BCUT2D eigenvalue weighted by Crippen LogP contribution is -2.07. The second kappa shape index (κ2) is 8.16. The van der Waals surface area contributed by atoms with Gasteiger partial charge in [0.2, 0.25) is 0 Å². The van der Waals surface area contributed by atoms with Gasteiger partial charge in [-0.2, -0.15) is 0 Å². The zero-order chi connectivity index (χ0) is 15.2. The molecule has 0 aliphatic carbocycles. The fraction of sp³-hybridized carbons (Fsp3) is 0.562. The first-order valence-electron chi connectivity index (χ1n) is 7.51. The van der Waals surface area contributed by atoms with E-state index in [1.165, 1.54) is 6.42 Å². The maximum Gasteiger partial charge on any atom is 0.127 e. The van der Waals surface area contributed by atoms with E-state index in [1.807, 2.05) is 19.1 Å². The Bertz CT molecular complexity index is 583. The second-order valence-corrected chi connectivity index (χ2v) is 6.76. The van der Waals surface area contributed by atoms with Crippen LogP contribution >= 0.6 is 27.5 Å². The summed E-state index contributed by atoms with van der Waals surface area (Å²) in [6.07, 6.45) is 3.28. The number of unbranched alkanes of at least 4 members (excludes halogenated alkanes) is 1. The summed E-state index contributed by atoms with van der Waals surface area (Å²) < 4.78 is 8.90. The van der Waals surface area contributed by atoms with Gasteiger partial charge < -0.3 is 9.30 Å². The number of ether oxygens (including phenoxy) is 1. The monoisotopic (exact) mass is 372 g/mol. The first-order chi connectivity index (χ1) is 10.1. The molecule has 0 aliphatic rings. The van der Waals surface area contributed by atoms with Gasteiger partial charge in [0.05, 0.1) is 16.4 Å². The molecular weight excluding hydrogens is 352 g/mol. The number of imidazole rings is 1. The number of nitrogens with zero attached hydrogens (tertiary/aromatic N) is 2. The molecule has 0 bridgehead atoms. The van der Waals surface area contributed by atoms with Crippen LogP contribution in [0.15, 0.2) is 22.7 Å². The number of aryl methyl sites for hydroxylation is 1. The summed E-state index contributed by atoms with van der Waals surface area (Å²) in [5, 5.41) is -0.0998. The van der Waals surface area contributed by atoms with Gasteiger partial charge in [0.1, 0.15) is 5.82 Å². The Morgan fingerprint density at radius 1 is 1.33 bits per heavy atom. The van der Waals surface area contributed by atoms with E-state index in [-0.39, 0.29) is 5.38 Å². The van der Waals surface area contributed by atoms with Crippen molar-refractivity contribution >= 4 is 38.6 Å². The lowest BCUT2D eigenvalue weighted by atomic mass is 10.3. The SMILES string of the molecule is CCCCOCCCn1c(C(C)Cl)nc2ccc(Br)cc21. The Kier molecular flexibility index (Phi) is 6.52. The zero-order valence-corrected chi connectivity index (χ0v) is 15.0. The molecule has 2 rings (SSSR count). The van der Waals surface area contributed by atoms with Gasteiger partial charge in [-0.05, 0) is 38.0 Å². The smallest absolute Gasteiger partial charge is 0.127 e. The van der Waals surface area contributed by atoms with E-state index < -0.39 is 0 Å². The van der Waals surface area contributed by atoms with Crippen LogP contribution in [0.2, 0.25) is 0 Å². The first-order valence-corrected chi connectivity index (χ1v) is 8.74. The minimum atomic E-state index is -0.0998. The molecule has 0 saturated carbocycles. The van der Waals surface area contributed by atoms with Crippen molar-refractivity contribution in [2.75, 3.05) is 13.2 Å². The summed E-state index contributed by atoms with van der Waals surface area (Å²) in [6.45, 7) is 6.65. The number of aromatic nitrogens is 2. The van der Waals surface area contributed by atoms with Crippen LogP contribution in [0.4, 0.5) is 0 Å². The van der Waals surface area contributed by atoms with Crippen LogP contribution in [0.1, 0.15) is 44.3 Å². The molecule has 1 aromatic carbocycles. The van der Waals surface area contributed by atoms with Crippen molar-refractivity contribution in [3.05, 3.63) is 28.5 Å². The molecule has 1 atom stereocenters. The fourth-order valence-corrected chi connectivity index (χ4v) is 2.84. The molecule has 2 aromatic rings.